The lowest BCUT2D eigenvalue weighted by atomic mass is 9.76. The molecule has 0 aliphatic heterocycles. The molecular formula is C17H28N2O3S. The quantitative estimate of drug-likeness (QED) is 0.820. The van der Waals surface area contributed by atoms with Crippen molar-refractivity contribution in [3.63, 3.8) is 0 Å². The third-order valence-electron chi connectivity index (χ3n) is 5.44. The molecule has 2 aliphatic carbocycles. The third-order valence-corrected chi connectivity index (χ3v) is 7.70. The Balaban J connectivity index is 1.59. The predicted octanol–water partition coefficient (Wildman–Crippen LogP) is 3.51. The van der Waals surface area contributed by atoms with Crippen molar-refractivity contribution in [3.05, 3.63) is 11.7 Å². The molecule has 0 radical (unpaired) electrons. The van der Waals surface area contributed by atoms with Gasteiger partial charge in [-0.15, -0.1) is 0 Å². The molecule has 2 aliphatic rings. The van der Waals surface area contributed by atoms with E-state index in [1.807, 2.05) is 0 Å². The van der Waals surface area contributed by atoms with E-state index in [-0.39, 0.29) is 11.0 Å². The van der Waals surface area contributed by atoms with Gasteiger partial charge >= 0.3 is 0 Å². The van der Waals surface area contributed by atoms with Crippen molar-refractivity contribution in [2.24, 2.45) is 11.8 Å². The Morgan fingerprint density at radius 2 is 1.74 bits per heavy atom. The number of nitrogens with zero attached hydrogens (tertiary/aromatic N) is 2. The highest BCUT2D eigenvalue weighted by Crippen LogP contribution is 2.37. The third kappa shape index (κ3) is 4.14. The van der Waals surface area contributed by atoms with E-state index in [1.54, 1.807) is 0 Å². The van der Waals surface area contributed by atoms with Gasteiger partial charge in [0.15, 0.2) is 15.7 Å². The van der Waals surface area contributed by atoms with Crippen LogP contribution in [0.1, 0.15) is 76.4 Å². The summed E-state index contributed by atoms with van der Waals surface area (Å²) in [5.74, 6) is 3.13. The first-order valence-electron chi connectivity index (χ1n) is 8.98. The highest BCUT2D eigenvalue weighted by Gasteiger charge is 2.30. The van der Waals surface area contributed by atoms with Crippen molar-refractivity contribution in [1.29, 1.82) is 0 Å². The number of sulfone groups is 1. The van der Waals surface area contributed by atoms with E-state index in [4.69, 9.17) is 4.52 Å². The number of rotatable bonds is 5. The van der Waals surface area contributed by atoms with Crippen molar-refractivity contribution in [2.75, 3.05) is 5.75 Å². The van der Waals surface area contributed by atoms with Gasteiger partial charge in [-0.3, -0.25) is 0 Å². The van der Waals surface area contributed by atoms with Crippen molar-refractivity contribution >= 4 is 9.84 Å². The molecule has 2 atom stereocenters. The molecule has 2 fully saturated rings. The normalized spacial score (nSPS) is 29.9. The van der Waals surface area contributed by atoms with Gasteiger partial charge in [0.2, 0.25) is 5.89 Å². The lowest BCUT2D eigenvalue weighted by molar-refractivity contribution is 0.257. The van der Waals surface area contributed by atoms with Crippen molar-refractivity contribution in [1.82, 2.24) is 10.1 Å². The van der Waals surface area contributed by atoms with Gasteiger partial charge in [0.1, 0.15) is 0 Å². The largest absolute Gasteiger partial charge is 0.339 e. The fourth-order valence-electron chi connectivity index (χ4n) is 4.34. The Bertz CT molecular complexity index is 610. The molecular weight excluding hydrogens is 312 g/mol. The number of aryl methyl sites for hydroxylation is 1. The Morgan fingerprint density at radius 1 is 1.09 bits per heavy atom. The van der Waals surface area contributed by atoms with E-state index in [0.717, 1.165) is 44.3 Å². The summed E-state index contributed by atoms with van der Waals surface area (Å²) in [7, 11) is -3.02. The molecule has 6 heteroatoms. The van der Waals surface area contributed by atoms with E-state index in [2.05, 4.69) is 24.0 Å². The van der Waals surface area contributed by atoms with Crippen molar-refractivity contribution < 1.29 is 12.9 Å². The first-order valence-corrected chi connectivity index (χ1v) is 10.7. The Hall–Kier alpha value is -0.910. The summed E-state index contributed by atoms with van der Waals surface area (Å²) in [6.07, 6.45) is 7.52. The molecule has 1 aromatic rings. The van der Waals surface area contributed by atoms with Crippen molar-refractivity contribution in [3.8, 4) is 0 Å². The van der Waals surface area contributed by atoms with Crippen LogP contribution in [0.2, 0.25) is 0 Å². The van der Waals surface area contributed by atoms with Crippen LogP contribution in [-0.4, -0.2) is 29.6 Å². The van der Waals surface area contributed by atoms with Gasteiger partial charge in [-0.1, -0.05) is 31.8 Å². The molecule has 0 spiro atoms. The first kappa shape index (κ1) is 16.9. The summed E-state index contributed by atoms with van der Waals surface area (Å²) in [5.41, 5.74) is 0. The highest BCUT2D eigenvalue weighted by molar-refractivity contribution is 7.92. The van der Waals surface area contributed by atoms with Gasteiger partial charge < -0.3 is 4.52 Å². The highest BCUT2D eigenvalue weighted by atomic mass is 32.2. The van der Waals surface area contributed by atoms with Crippen LogP contribution >= 0.6 is 0 Å². The van der Waals surface area contributed by atoms with Crippen LogP contribution in [0.25, 0.3) is 0 Å². The van der Waals surface area contributed by atoms with Gasteiger partial charge in [0.25, 0.3) is 0 Å². The SMILES string of the molecule is C[C@@H]1CC(c2noc(CCS(=O)(=O)C3CCCC3)n2)C[C@@H](C)C1. The Kier molecular flexibility index (Phi) is 5.09. The molecule has 2 saturated carbocycles. The van der Waals surface area contributed by atoms with Crippen LogP contribution in [0.15, 0.2) is 4.52 Å². The second kappa shape index (κ2) is 6.91. The maximum atomic E-state index is 12.3. The zero-order valence-corrected chi connectivity index (χ0v) is 15.0. The van der Waals surface area contributed by atoms with E-state index in [9.17, 15) is 8.42 Å². The molecule has 0 N–H and O–H groups in total. The number of hydrogen-bond donors (Lipinski definition) is 0. The molecule has 1 aromatic heterocycles. The summed E-state index contributed by atoms with van der Waals surface area (Å²) in [6.45, 7) is 4.55. The molecule has 5 nitrogen and oxygen atoms in total. The maximum absolute atomic E-state index is 12.3. The zero-order valence-electron chi connectivity index (χ0n) is 14.2. The summed E-state index contributed by atoms with van der Waals surface area (Å²) >= 11 is 0. The predicted molar refractivity (Wildman–Crippen MR) is 89.0 cm³/mol. The monoisotopic (exact) mass is 340 g/mol. The summed E-state index contributed by atoms with van der Waals surface area (Å²) in [4.78, 5) is 4.49. The van der Waals surface area contributed by atoms with Gasteiger partial charge in [0.05, 0.1) is 11.0 Å². The van der Waals surface area contributed by atoms with Crippen LogP contribution in [0, 0.1) is 11.8 Å². The van der Waals surface area contributed by atoms with E-state index < -0.39 is 9.84 Å². The van der Waals surface area contributed by atoms with Crippen LogP contribution in [0.3, 0.4) is 0 Å². The fourth-order valence-corrected chi connectivity index (χ4v) is 6.18. The number of aromatic nitrogens is 2. The Morgan fingerprint density at radius 3 is 2.39 bits per heavy atom. The van der Waals surface area contributed by atoms with E-state index in [0.29, 0.717) is 30.1 Å². The molecule has 0 unspecified atom stereocenters. The van der Waals surface area contributed by atoms with Crippen LogP contribution in [0.5, 0.6) is 0 Å². The molecule has 23 heavy (non-hydrogen) atoms. The minimum atomic E-state index is -3.02. The van der Waals surface area contributed by atoms with Crippen LogP contribution in [0.4, 0.5) is 0 Å². The second-order valence-electron chi connectivity index (χ2n) is 7.68. The first-order chi connectivity index (χ1) is 10.9. The van der Waals surface area contributed by atoms with E-state index in [1.165, 1.54) is 6.42 Å². The van der Waals surface area contributed by atoms with E-state index >= 15 is 0 Å². The van der Waals surface area contributed by atoms with Crippen LogP contribution < -0.4 is 0 Å². The molecule has 3 rings (SSSR count). The fraction of sp³-hybridized carbons (Fsp3) is 0.882. The van der Waals surface area contributed by atoms with Crippen molar-refractivity contribution in [2.45, 2.75) is 76.4 Å². The molecule has 0 aromatic carbocycles. The van der Waals surface area contributed by atoms with Gasteiger partial charge in [-0.25, -0.2) is 8.42 Å². The van der Waals surface area contributed by atoms with Gasteiger partial charge in [-0.2, -0.15) is 4.98 Å². The summed E-state index contributed by atoms with van der Waals surface area (Å²) < 4.78 is 29.9. The second-order valence-corrected chi connectivity index (χ2v) is 10.1. The molecule has 1 heterocycles. The maximum Gasteiger partial charge on any atom is 0.227 e. The summed E-state index contributed by atoms with van der Waals surface area (Å²) in [5, 5.41) is 3.98. The summed E-state index contributed by atoms with van der Waals surface area (Å²) in [6, 6.07) is 0. The minimum absolute atomic E-state index is 0.136. The molecule has 0 bridgehead atoms. The molecule has 0 amide bonds. The molecule has 0 saturated heterocycles. The number of hydrogen-bond acceptors (Lipinski definition) is 5. The van der Waals surface area contributed by atoms with Gasteiger partial charge in [0, 0.05) is 12.3 Å². The zero-order chi connectivity index (χ0) is 16.4. The van der Waals surface area contributed by atoms with Gasteiger partial charge in [-0.05, 0) is 43.9 Å². The van der Waals surface area contributed by atoms with Crippen LogP contribution in [-0.2, 0) is 16.3 Å². The average Bonchev–Trinajstić information content (AvgIpc) is 3.16. The Labute approximate surface area is 139 Å². The minimum Gasteiger partial charge on any atom is -0.339 e. The topological polar surface area (TPSA) is 73.1 Å². The average molecular weight is 340 g/mol. The smallest absolute Gasteiger partial charge is 0.227 e. The standard InChI is InChI=1S/C17H28N2O3S/c1-12-9-13(2)11-14(10-12)17-18-16(22-19-17)7-8-23(20,21)15-5-3-4-6-15/h12-15H,3-11H2,1-2H3/t12-,13-/m0/s1. The lowest BCUT2D eigenvalue weighted by Gasteiger charge is -2.29. The molecule has 130 valence electrons. The lowest BCUT2D eigenvalue weighted by Crippen LogP contribution is -2.22.